The Morgan fingerprint density at radius 2 is 2.07 bits per heavy atom. The summed E-state index contributed by atoms with van der Waals surface area (Å²) in [4.78, 5) is 2.33. The molecule has 3 heteroatoms. The van der Waals surface area contributed by atoms with Gasteiger partial charge in [-0.1, -0.05) is 6.92 Å². The minimum Gasteiger partial charge on any atom is -0.479 e. The highest BCUT2D eigenvalue weighted by molar-refractivity contribution is 5.51. The summed E-state index contributed by atoms with van der Waals surface area (Å²) < 4.78 is 5.18. The van der Waals surface area contributed by atoms with Gasteiger partial charge in [0, 0.05) is 18.8 Å². The van der Waals surface area contributed by atoms with E-state index in [0.29, 0.717) is 0 Å². The second kappa shape index (κ2) is 4.22. The molecular weight excluding hydrogens is 188 g/mol. The number of anilines is 1. The van der Waals surface area contributed by atoms with E-state index in [9.17, 15) is 0 Å². The van der Waals surface area contributed by atoms with Crippen molar-refractivity contribution in [1.29, 1.82) is 5.26 Å². The van der Waals surface area contributed by atoms with Gasteiger partial charge >= 0.3 is 0 Å². The topological polar surface area (TPSA) is 36.3 Å². The highest BCUT2D eigenvalue weighted by Crippen LogP contribution is 2.25. The third kappa shape index (κ3) is 2.21. The maximum Gasteiger partial charge on any atom is 0.174 e. The molecule has 3 nitrogen and oxygen atoms in total. The second-order valence-electron chi connectivity index (χ2n) is 3.95. The molecule has 1 aromatic carbocycles. The molecule has 1 fully saturated rings. The molecule has 0 spiro atoms. The van der Waals surface area contributed by atoms with Crippen LogP contribution in [0.25, 0.3) is 0 Å². The van der Waals surface area contributed by atoms with Crippen molar-refractivity contribution < 1.29 is 4.74 Å². The normalized spacial score (nSPS) is 15.6. The van der Waals surface area contributed by atoms with Crippen molar-refractivity contribution in [2.45, 2.75) is 6.92 Å². The first-order valence-corrected chi connectivity index (χ1v) is 5.14. The molecule has 0 radical (unpaired) electrons. The summed E-state index contributed by atoms with van der Waals surface area (Å²) in [5.41, 5.74) is 1.23. The molecular formula is C12H14N2O. The van der Waals surface area contributed by atoms with E-state index >= 15 is 0 Å². The average Bonchev–Trinajstić information content (AvgIpc) is 2.23. The van der Waals surface area contributed by atoms with Crippen molar-refractivity contribution in [3.8, 4) is 11.8 Å². The standard InChI is InChI=1S/C12H14N2O/c1-10-8-14(9-10)11-2-4-12(5-3-11)15-7-6-13/h2-5,10H,7-9H2,1H3. The average molecular weight is 202 g/mol. The van der Waals surface area contributed by atoms with Gasteiger partial charge in [0.15, 0.2) is 6.61 Å². The van der Waals surface area contributed by atoms with Crippen LogP contribution in [-0.2, 0) is 0 Å². The van der Waals surface area contributed by atoms with Crippen LogP contribution in [0.15, 0.2) is 24.3 Å². The molecule has 1 aromatic rings. The summed E-state index contributed by atoms with van der Waals surface area (Å²) >= 11 is 0. The lowest BCUT2D eigenvalue weighted by molar-refractivity contribution is 0.368. The largest absolute Gasteiger partial charge is 0.479 e. The van der Waals surface area contributed by atoms with Crippen molar-refractivity contribution >= 4 is 5.69 Å². The minimum absolute atomic E-state index is 0.111. The van der Waals surface area contributed by atoms with Crippen LogP contribution in [0.1, 0.15) is 6.92 Å². The molecule has 0 bridgehead atoms. The lowest BCUT2D eigenvalue weighted by Gasteiger charge is -2.39. The highest BCUT2D eigenvalue weighted by atomic mass is 16.5. The van der Waals surface area contributed by atoms with E-state index in [0.717, 1.165) is 24.8 Å². The Morgan fingerprint density at radius 3 is 2.60 bits per heavy atom. The first-order valence-electron chi connectivity index (χ1n) is 5.14. The molecule has 0 aromatic heterocycles. The zero-order valence-corrected chi connectivity index (χ0v) is 8.81. The van der Waals surface area contributed by atoms with Crippen LogP contribution in [0.4, 0.5) is 5.69 Å². The maximum atomic E-state index is 8.36. The van der Waals surface area contributed by atoms with Gasteiger partial charge < -0.3 is 9.64 Å². The third-order valence-corrected chi connectivity index (χ3v) is 2.57. The van der Waals surface area contributed by atoms with Gasteiger partial charge in [-0.3, -0.25) is 0 Å². The zero-order chi connectivity index (χ0) is 10.7. The summed E-state index contributed by atoms with van der Waals surface area (Å²) in [7, 11) is 0. The molecule has 0 saturated carbocycles. The van der Waals surface area contributed by atoms with Gasteiger partial charge in [-0.15, -0.1) is 0 Å². The fourth-order valence-corrected chi connectivity index (χ4v) is 1.78. The van der Waals surface area contributed by atoms with E-state index in [2.05, 4.69) is 11.8 Å². The van der Waals surface area contributed by atoms with Crippen molar-refractivity contribution in [2.75, 3.05) is 24.6 Å². The van der Waals surface area contributed by atoms with E-state index < -0.39 is 0 Å². The molecule has 2 rings (SSSR count). The van der Waals surface area contributed by atoms with Gasteiger partial charge in [0.1, 0.15) is 11.8 Å². The lowest BCUT2D eigenvalue weighted by Crippen LogP contribution is -2.45. The second-order valence-corrected chi connectivity index (χ2v) is 3.95. The van der Waals surface area contributed by atoms with Crippen LogP contribution in [0.2, 0.25) is 0 Å². The molecule has 78 valence electrons. The Hall–Kier alpha value is -1.69. The summed E-state index contributed by atoms with van der Waals surface area (Å²) in [6.45, 7) is 4.64. The fraction of sp³-hybridized carbons (Fsp3) is 0.417. The SMILES string of the molecule is CC1CN(c2ccc(OCC#N)cc2)C1. The van der Waals surface area contributed by atoms with Crippen molar-refractivity contribution in [3.05, 3.63) is 24.3 Å². The Morgan fingerprint density at radius 1 is 1.40 bits per heavy atom. The molecule has 0 unspecified atom stereocenters. The van der Waals surface area contributed by atoms with Crippen molar-refractivity contribution in [3.63, 3.8) is 0 Å². The number of nitriles is 1. The van der Waals surface area contributed by atoms with Crippen LogP contribution in [-0.4, -0.2) is 19.7 Å². The van der Waals surface area contributed by atoms with Crippen molar-refractivity contribution in [1.82, 2.24) is 0 Å². The molecule has 0 N–H and O–H groups in total. The quantitative estimate of drug-likeness (QED) is 0.752. The van der Waals surface area contributed by atoms with Crippen LogP contribution >= 0.6 is 0 Å². The number of nitrogens with zero attached hydrogens (tertiary/aromatic N) is 2. The van der Waals surface area contributed by atoms with Crippen LogP contribution < -0.4 is 9.64 Å². The van der Waals surface area contributed by atoms with Crippen molar-refractivity contribution in [2.24, 2.45) is 5.92 Å². The molecule has 0 amide bonds. The molecule has 1 aliphatic rings. The summed E-state index contributed by atoms with van der Waals surface area (Å²) in [6, 6.07) is 9.85. The van der Waals surface area contributed by atoms with Gasteiger partial charge in [0.25, 0.3) is 0 Å². The van der Waals surface area contributed by atoms with Gasteiger partial charge in [0.2, 0.25) is 0 Å². The zero-order valence-electron chi connectivity index (χ0n) is 8.81. The smallest absolute Gasteiger partial charge is 0.174 e. The fourth-order valence-electron chi connectivity index (χ4n) is 1.78. The Labute approximate surface area is 89.9 Å². The van der Waals surface area contributed by atoms with Gasteiger partial charge in [0.05, 0.1) is 0 Å². The summed E-state index contributed by atoms with van der Waals surface area (Å²) in [5, 5.41) is 8.36. The molecule has 0 atom stereocenters. The van der Waals surface area contributed by atoms with Crippen LogP contribution in [0.5, 0.6) is 5.75 Å². The molecule has 1 heterocycles. The van der Waals surface area contributed by atoms with E-state index in [-0.39, 0.29) is 6.61 Å². The van der Waals surface area contributed by atoms with Gasteiger partial charge in [-0.05, 0) is 30.2 Å². The summed E-state index contributed by atoms with van der Waals surface area (Å²) in [5.74, 6) is 1.56. The monoisotopic (exact) mass is 202 g/mol. The first kappa shape index (κ1) is 9.85. The van der Waals surface area contributed by atoms with E-state index in [1.54, 1.807) is 0 Å². The summed E-state index contributed by atoms with van der Waals surface area (Å²) in [6.07, 6.45) is 0. The molecule has 0 aliphatic carbocycles. The predicted octanol–water partition coefficient (Wildman–Crippen LogP) is 2.05. The van der Waals surface area contributed by atoms with E-state index in [1.807, 2.05) is 30.3 Å². The van der Waals surface area contributed by atoms with Gasteiger partial charge in [-0.2, -0.15) is 5.26 Å². The van der Waals surface area contributed by atoms with Crippen LogP contribution in [0.3, 0.4) is 0 Å². The van der Waals surface area contributed by atoms with Gasteiger partial charge in [-0.25, -0.2) is 0 Å². The minimum atomic E-state index is 0.111. The van der Waals surface area contributed by atoms with E-state index in [4.69, 9.17) is 10.00 Å². The Balaban J connectivity index is 1.95. The number of hydrogen-bond acceptors (Lipinski definition) is 3. The number of rotatable bonds is 3. The maximum absolute atomic E-state index is 8.36. The Kier molecular flexibility index (Phi) is 2.77. The van der Waals surface area contributed by atoms with Crippen LogP contribution in [0, 0.1) is 17.2 Å². The lowest BCUT2D eigenvalue weighted by atomic mass is 10.0. The number of benzene rings is 1. The first-order chi connectivity index (χ1) is 7.29. The molecule has 1 aliphatic heterocycles. The Bertz CT molecular complexity index is 360. The third-order valence-electron chi connectivity index (χ3n) is 2.57. The molecule has 1 saturated heterocycles. The predicted molar refractivity (Wildman–Crippen MR) is 58.9 cm³/mol. The van der Waals surface area contributed by atoms with E-state index in [1.165, 1.54) is 5.69 Å². The highest BCUT2D eigenvalue weighted by Gasteiger charge is 2.22. The number of hydrogen-bond donors (Lipinski definition) is 0. The molecule has 15 heavy (non-hydrogen) atoms. The number of ether oxygens (including phenoxy) is 1.